The average molecular weight is 142 g/mol. The summed E-state index contributed by atoms with van der Waals surface area (Å²) in [4.78, 5) is 0. The van der Waals surface area contributed by atoms with Gasteiger partial charge in [-0.25, -0.2) is 0 Å². The van der Waals surface area contributed by atoms with Gasteiger partial charge in [0.1, 0.15) is 11.9 Å². The smallest absolute Gasteiger partial charge is 0.119 e. The third kappa shape index (κ3) is 6.58. The summed E-state index contributed by atoms with van der Waals surface area (Å²) < 4.78 is 20.5. The molecule has 0 saturated heterocycles. The van der Waals surface area contributed by atoms with E-state index in [0.29, 0.717) is 24.1 Å². The van der Waals surface area contributed by atoms with E-state index in [-0.39, 0.29) is 11.9 Å². The van der Waals surface area contributed by atoms with Gasteiger partial charge in [0.05, 0.1) is 0 Å². The zero-order chi connectivity index (χ0) is 5.54. The molecule has 0 saturated carbocycles. The highest BCUT2D eigenvalue weighted by Gasteiger charge is 1.81. The van der Waals surface area contributed by atoms with Crippen LogP contribution < -0.4 is 0 Å². The van der Waals surface area contributed by atoms with Crippen molar-refractivity contribution in [3.05, 3.63) is 0 Å². The summed E-state index contributed by atoms with van der Waals surface area (Å²) in [6, 6.07) is 0. The fourth-order valence-corrected chi connectivity index (χ4v) is 0.530. The van der Waals surface area contributed by atoms with Crippen molar-refractivity contribution in [1.82, 2.24) is 0 Å². The summed E-state index contributed by atoms with van der Waals surface area (Å²) in [5.41, 5.74) is 0. The highest BCUT2D eigenvalue weighted by Crippen LogP contribution is 1.96. The third-order valence-electron chi connectivity index (χ3n) is 0.272. The summed E-state index contributed by atoms with van der Waals surface area (Å²) in [5, 5.41) is 0. The molecule has 0 rings (SSSR count). The molecule has 0 heterocycles. The van der Waals surface area contributed by atoms with Crippen LogP contribution in [0.5, 0.6) is 0 Å². The molecule has 0 aromatic carbocycles. The molecule has 44 valence electrons. The van der Waals surface area contributed by atoms with E-state index >= 15 is 0 Å². The van der Waals surface area contributed by atoms with Gasteiger partial charge in [-0.2, -0.15) is 0 Å². The molecule has 0 aliphatic heterocycles. The first-order valence-corrected chi connectivity index (χ1v) is 3.40. The van der Waals surface area contributed by atoms with E-state index in [4.69, 9.17) is 9.11 Å². The van der Waals surface area contributed by atoms with Gasteiger partial charge in [-0.15, -0.1) is 0 Å². The van der Waals surface area contributed by atoms with Gasteiger partial charge in [-0.3, -0.25) is 0 Å². The minimum Gasteiger partial charge on any atom is -0.356 e. The van der Waals surface area contributed by atoms with Gasteiger partial charge in [0.2, 0.25) is 0 Å². The maximum absolute atomic E-state index is 7.99. The van der Waals surface area contributed by atoms with Gasteiger partial charge >= 0.3 is 0 Å². The Bertz CT molecular complexity index is 30.1. The van der Waals surface area contributed by atoms with Crippen LogP contribution in [0.15, 0.2) is 0 Å². The van der Waals surface area contributed by atoms with Gasteiger partial charge in [0, 0.05) is 24.1 Å². The third-order valence-corrected chi connectivity index (χ3v) is 0.816. The predicted molar refractivity (Wildman–Crippen MR) is 31.3 cm³/mol. The van der Waals surface area contributed by atoms with Gasteiger partial charge in [0.25, 0.3) is 0 Å². The molecule has 0 atom stereocenters. The first-order chi connectivity index (χ1) is 3.41. The van der Waals surface area contributed by atoms with Crippen LogP contribution in [0.2, 0.25) is 0 Å². The van der Waals surface area contributed by atoms with Crippen molar-refractivity contribution < 1.29 is 13.8 Å². The van der Waals surface area contributed by atoms with Crippen LogP contribution >= 0.6 is 24.1 Å². The number of hydrogen-bond donors (Lipinski definition) is 2. The van der Waals surface area contributed by atoms with Crippen molar-refractivity contribution in [3.8, 4) is 0 Å². The van der Waals surface area contributed by atoms with Crippen LogP contribution in [0.25, 0.3) is 0 Å². The molecule has 0 amide bonds. The number of ether oxygens (including phenoxy) is 1. The number of hydrogen-bond acceptors (Lipinski definition) is 5. The number of rotatable bonds is 4. The van der Waals surface area contributed by atoms with Crippen molar-refractivity contribution in [2.45, 2.75) is 0 Å². The fraction of sp³-hybridized carbons (Fsp3) is 1.00. The molecule has 0 aliphatic rings. The maximum Gasteiger partial charge on any atom is 0.119 e. The summed E-state index contributed by atoms with van der Waals surface area (Å²) in [5.74, 6) is 0.432. The minimum atomic E-state index is 0.216. The van der Waals surface area contributed by atoms with Crippen molar-refractivity contribution in [1.29, 1.82) is 0 Å². The lowest BCUT2D eigenvalue weighted by Gasteiger charge is -1.92. The molecule has 0 aliphatic carbocycles. The Morgan fingerprint density at radius 3 is 1.86 bits per heavy atom. The summed E-state index contributed by atoms with van der Waals surface area (Å²) in [6.07, 6.45) is 0. The second-order valence-electron chi connectivity index (χ2n) is 0.698. The summed E-state index contributed by atoms with van der Waals surface area (Å²) >= 11 is 1.19. The highest BCUT2D eigenvalue weighted by atomic mass is 32.2. The molecule has 0 radical (unpaired) electrons. The lowest BCUT2D eigenvalue weighted by atomic mass is 11.5. The van der Waals surface area contributed by atoms with Crippen molar-refractivity contribution >= 4 is 24.1 Å². The van der Waals surface area contributed by atoms with Crippen LogP contribution in [-0.4, -0.2) is 21.0 Å². The molecule has 7 heavy (non-hydrogen) atoms. The van der Waals surface area contributed by atoms with E-state index in [1.807, 2.05) is 0 Å². The van der Waals surface area contributed by atoms with E-state index in [1.165, 1.54) is 0 Å². The zero-order valence-corrected chi connectivity index (χ0v) is 5.17. The van der Waals surface area contributed by atoms with Crippen LogP contribution in [-0.2, 0) is 4.74 Å². The zero-order valence-electron chi connectivity index (χ0n) is 3.53. The Morgan fingerprint density at radius 1 is 1.14 bits per heavy atom. The Kier molecular flexibility index (Phi) is 7.13. The van der Waals surface area contributed by atoms with Gasteiger partial charge < -0.3 is 13.8 Å². The predicted octanol–water partition coefficient (Wildman–Crippen LogP) is 1.33. The monoisotopic (exact) mass is 142 g/mol. The van der Waals surface area contributed by atoms with Crippen LogP contribution in [0.3, 0.4) is 0 Å². The van der Waals surface area contributed by atoms with Gasteiger partial charge in [-0.05, 0) is 0 Å². The van der Waals surface area contributed by atoms with Crippen molar-refractivity contribution in [2.75, 3.05) is 11.9 Å². The van der Waals surface area contributed by atoms with Crippen LogP contribution in [0.1, 0.15) is 0 Å². The standard InChI is InChI=1S/C2H6O3S2/c3-6-1-5-2-7-4/h3-4H,1-2H2. The molecule has 2 N–H and O–H groups in total. The summed E-state index contributed by atoms with van der Waals surface area (Å²) in [6.45, 7) is 0. The minimum absolute atomic E-state index is 0.216. The molecule has 0 aromatic rings. The average Bonchev–Trinajstić information content (AvgIpc) is 1.69. The van der Waals surface area contributed by atoms with E-state index in [9.17, 15) is 0 Å². The molecule has 0 bridgehead atoms. The molecule has 3 nitrogen and oxygen atoms in total. The van der Waals surface area contributed by atoms with Crippen molar-refractivity contribution in [2.24, 2.45) is 0 Å². The van der Waals surface area contributed by atoms with Crippen molar-refractivity contribution in [3.63, 3.8) is 0 Å². The second-order valence-corrected chi connectivity index (χ2v) is 1.69. The Labute approximate surface area is 50.5 Å². The largest absolute Gasteiger partial charge is 0.356 e. The lowest BCUT2D eigenvalue weighted by molar-refractivity contribution is 0.232. The molecule has 0 spiro atoms. The second kappa shape index (κ2) is 6.58. The molecule has 0 aromatic heterocycles. The van der Waals surface area contributed by atoms with E-state index in [2.05, 4.69) is 4.74 Å². The first kappa shape index (κ1) is 7.58. The maximum atomic E-state index is 7.99. The van der Waals surface area contributed by atoms with Gasteiger partial charge in [-0.1, -0.05) is 0 Å². The Hall–Kier alpha value is 0.580. The van der Waals surface area contributed by atoms with E-state index in [1.54, 1.807) is 0 Å². The Balaban J connectivity index is 2.45. The first-order valence-electron chi connectivity index (χ1n) is 1.52. The molecular weight excluding hydrogens is 136 g/mol. The SMILES string of the molecule is OSCOCSO. The Morgan fingerprint density at radius 2 is 1.57 bits per heavy atom. The van der Waals surface area contributed by atoms with E-state index in [0.717, 1.165) is 0 Å². The highest BCUT2D eigenvalue weighted by molar-refractivity contribution is 7.94. The molecule has 5 heteroatoms. The lowest BCUT2D eigenvalue weighted by Crippen LogP contribution is -1.86. The molecular formula is C2H6O3S2. The summed E-state index contributed by atoms with van der Waals surface area (Å²) in [7, 11) is 0. The van der Waals surface area contributed by atoms with Crippen LogP contribution in [0, 0.1) is 0 Å². The fourth-order valence-electron chi connectivity index (χ4n) is 0.109. The molecule has 0 fully saturated rings. The van der Waals surface area contributed by atoms with Crippen LogP contribution in [0.4, 0.5) is 0 Å². The van der Waals surface area contributed by atoms with Gasteiger partial charge in [0.15, 0.2) is 0 Å². The normalized spacial score (nSPS) is 9.43. The topological polar surface area (TPSA) is 49.7 Å². The van der Waals surface area contributed by atoms with E-state index < -0.39 is 0 Å². The molecule has 0 unspecified atom stereocenters. The quantitative estimate of drug-likeness (QED) is 0.352.